The van der Waals surface area contributed by atoms with Crippen LogP contribution in [0.5, 0.6) is 5.75 Å². The van der Waals surface area contributed by atoms with Crippen molar-refractivity contribution in [2.45, 2.75) is 45.1 Å². The van der Waals surface area contributed by atoms with E-state index < -0.39 is 0 Å². The first-order chi connectivity index (χ1) is 12.8. The molecule has 1 saturated carbocycles. The second-order valence-electron chi connectivity index (χ2n) is 7.60. The maximum atomic E-state index is 13.3. The fourth-order valence-corrected chi connectivity index (χ4v) is 4.21. The lowest BCUT2D eigenvalue weighted by molar-refractivity contribution is 0.0699. The van der Waals surface area contributed by atoms with E-state index in [4.69, 9.17) is 4.74 Å². The second-order valence-corrected chi connectivity index (χ2v) is 7.60. The summed E-state index contributed by atoms with van der Waals surface area (Å²) in [7, 11) is 0. The minimum absolute atomic E-state index is 0.147. The molecule has 136 valence electrons. The first kappa shape index (κ1) is 17.1. The zero-order valence-corrected chi connectivity index (χ0v) is 15.3. The van der Waals surface area contributed by atoms with Crippen LogP contribution in [0.15, 0.2) is 48.5 Å². The highest BCUT2D eigenvalue weighted by Crippen LogP contribution is 2.28. The Balaban J connectivity index is 1.55. The smallest absolute Gasteiger partial charge is 0.254 e. The fraction of sp³-hybridized carbons (Fsp3) is 0.435. The Morgan fingerprint density at radius 3 is 2.65 bits per heavy atom. The van der Waals surface area contributed by atoms with Gasteiger partial charge >= 0.3 is 0 Å². The molecule has 3 heteroatoms. The molecule has 1 amide bonds. The van der Waals surface area contributed by atoms with Gasteiger partial charge in [0.1, 0.15) is 5.75 Å². The molecule has 1 fully saturated rings. The molecule has 26 heavy (non-hydrogen) atoms. The second kappa shape index (κ2) is 7.94. The van der Waals surface area contributed by atoms with E-state index in [1.807, 2.05) is 36.4 Å². The van der Waals surface area contributed by atoms with Gasteiger partial charge in [-0.25, -0.2) is 0 Å². The third kappa shape index (κ3) is 3.92. The lowest BCUT2D eigenvalue weighted by atomic mass is 9.88. The van der Waals surface area contributed by atoms with Crippen molar-refractivity contribution in [3.63, 3.8) is 0 Å². The number of hydrogen-bond donors (Lipinski definition) is 0. The maximum Gasteiger partial charge on any atom is 0.254 e. The molecule has 4 rings (SSSR count). The summed E-state index contributed by atoms with van der Waals surface area (Å²) in [6.45, 7) is 2.27. The van der Waals surface area contributed by atoms with Crippen molar-refractivity contribution in [3.8, 4) is 5.75 Å². The maximum absolute atomic E-state index is 13.3. The molecular formula is C23H27NO2. The zero-order chi connectivity index (χ0) is 17.8. The van der Waals surface area contributed by atoms with Gasteiger partial charge in [-0.1, -0.05) is 49.6 Å². The predicted molar refractivity (Wildman–Crippen MR) is 103 cm³/mol. The van der Waals surface area contributed by atoms with Gasteiger partial charge < -0.3 is 9.64 Å². The number of ether oxygens (including phenoxy) is 1. The van der Waals surface area contributed by atoms with E-state index in [0.29, 0.717) is 12.5 Å². The van der Waals surface area contributed by atoms with Crippen LogP contribution in [0.4, 0.5) is 0 Å². The fourth-order valence-electron chi connectivity index (χ4n) is 4.21. The van der Waals surface area contributed by atoms with Gasteiger partial charge in [-0.3, -0.25) is 4.79 Å². The summed E-state index contributed by atoms with van der Waals surface area (Å²) in [5.74, 6) is 1.71. The van der Waals surface area contributed by atoms with E-state index in [1.165, 1.54) is 37.7 Å². The molecule has 0 atom stereocenters. The molecule has 2 aromatic rings. The predicted octanol–water partition coefficient (Wildman–Crippen LogP) is 4.84. The molecule has 1 heterocycles. The van der Waals surface area contributed by atoms with Crippen LogP contribution in [0, 0.1) is 5.92 Å². The van der Waals surface area contributed by atoms with Crippen LogP contribution in [-0.2, 0) is 13.0 Å². The van der Waals surface area contributed by atoms with E-state index in [2.05, 4.69) is 17.0 Å². The van der Waals surface area contributed by atoms with Gasteiger partial charge in [-0.05, 0) is 48.1 Å². The number of fused-ring (bicyclic) bond motifs is 1. The van der Waals surface area contributed by atoms with Gasteiger partial charge in [-0.15, -0.1) is 0 Å². The van der Waals surface area contributed by atoms with Gasteiger partial charge in [0.05, 0.1) is 6.61 Å². The Morgan fingerprint density at radius 1 is 1.04 bits per heavy atom. The van der Waals surface area contributed by atoms with Crippen molar-refractivity contribution in [2.75, 3.05) is 13.2 Å². The molecule has 0 N–H and O–H groups in total. The van der Waals surface area contributed by atoms with Crippen molar-refractivity contribution in [3.05, 3.63) is 65.2 Å². The quantitative estimate of drug-likeness (QED) is 0.773. The lowest BCUT2D eigenvalue weighted by Gasteiger charge is -2.30. The Labute approximate surface area is 156 Å². The SMILES string of the molecule is O=C(c1ccc2c(c1)CCO2)N(Cc1ccccc1)CC1CCCCC1. The summed E-state index contributed by atoms with van der Waals surface area (Å²) < 4.78 is 5.59. The molecular weight excluding hydrogens is 322 g/mol. The Kier molecular flexibility index (Phi) is 5.24. The number of carbonyl (C=O) groups excluding carboxylic acids is 1. The summed E-state index contributed by atoms with van der Waals surface area (Å²) in [6.07, 6.45) is 7.33. The van der Waals surface area contributed by atoms with E-state index >= 15 is 0 Å². The van der Waals surface area contributed by atoms with E-state index in [0.717, 1.165) is 36.4 Å². The number of benzene rings is 2. The van der Waals surface area contributed by atoms with Crippen LogP contribution in [0.2, 0.25) is 0 Å². The Hall–Kier alpha value is -2.29. The standard InChI is InChI=1S/C23H27NO2/c25-23(21-11-12-22-20(15-21)13-14-26-22)24(16-18-7-3-1-4-8-18)17-19-9-5-2-6-10-19/h1,3-4,7-8,11-12,15,19H,2,5-6,9-10,13-14,16-17H2. The molecule has 0 unspecified atom stereocenters. The van der Waals surface area contributed by atoms with Crippen molar-refractivity contribution in [1.82, 2.24) is 4.90 Å². The Morgan fingerprint density at radius 2 is 1.85 bits per heavy atom. The molecule has 0 saturated heterocycles. The molecule has 0 bridgehead atoms. The van der Waals surface area contributed by atoms with Crippen LogP contribution in [0.1, 0.15) is 53.6 Å². The number of rotatable bonds is 5. The van der Waals surface area contributed by atoms with Crippen LogP contribution >= 0.6 is 0 Å². The summed E-state index contributed by atoms with van der Waals surface area (Å²) in [5, 5.41) is 0. The van der Waals surface area contributed by atoms with E-state index in [9.17, 15) is 4.79 Å². The zero-order valence-electron chi connectivity index (χ0n) is 15.3. The Bertz CT molecular complexity index is 750. The highest BCUT2D eigenvalue weighted by atomic mass is 16.5. The average Bonchev–Trinajstić information content (AvgIpc) is 3.16. The highest BCUT2D eigenvalue weighted by Gasteiger charge is 2.23. The van der Waals surface area contributed by atoms with Crippen LogP contribution in [-0.4, -0.2) is 24.0 Å². The van der Waals surface area contributed by atoms with Gasteiger partial charge in [-0.2, -0.15) is 0 Å². The molecule has 0 radical (unpaired) electrons. The van der Waals surface area contributed by atoms with Crippen LogP contribution < -0.4 is 4.74 Å². The van der Waals surface area contributed by atoms with Crippen LogP contribution in [0.25, 0.3) is 0 Å². The normalized spacial score (nSPS) is 16.8. The molecule has 0 spiro atoms. The molecule has 0 aromatic heterocycles. The first-order valence-corrected chi connectivity index (χ1v) is 9.88. The molecule has 1 aliphatic heterocycles. The molecule has 2 aliphatic rings. The summed E-state index contributed by atoms with van der Waals surface area (Å²) in [5.41, 5.74) is 3.15. The van der Waals surface area contributed by atoms with Crippen molar-refractivity contribution in [2.24, 2.45) is 5.92 Å². The van der Waals surface area contributed by atoms with Crippen LogP contribution in [0.3, 0.4) is 0 Å². The summed E-state index contributed by atoms with van der Waals surface area (Å²) >= 11 is 0. The largest absolute Gasteiger partial charge is 0.493 e. The first-order valence-electron chi connectivity index (χ1n) is 9.88. The van der Waals surface area contributed by atoms with Gasteiger partial charge in [0, 0.05) is 25.1 Å². The number of nitrogens with zero attached hydrogens (tertiary/aromatic N) is 1. The average molecular weight is 349 g/mol. The highest BCUT2D eigenvalue weighted by molar-refractivity contribution is 5.94. The number of amides is 1. The number of hydrogen-bond acceptors (Lipinski definition) is 2. The minimum Gasteiger partial charge on any atom is -0.493 e. The number of carbonyl (C=O) groups is 1. The van der Waals surface area contributed by atoms with Gasteiger partial charge in [0.15, 0.2) is 0 Å². The summed E-state index contributed by atoms with van der Waals surface area (Å²) in [6, 6.07) is 16.2. The monoisotopic (exact) mass is 349 g/mol. The lowest BCUT2D eigenvalue weighted by Crippen LogP contribution is -2.35. The molecule has 3 nitrogen and oxygen atoms in total. The molecule has 1 aliphatic carbocycles. The van der Waals surface area contributed by atoms with E-state index in [-0.39, 0.29) is 5.91 Å². The molecule has 2 aromatic carbocycles. The third-order valence-electron chi connectivity index (χ3n) is 5.64. The van der Waals surface area contributed by atoms with E-state index in [1.54, 1.807) is 0 Å². The van der Waals surface area contributed by atoms with Gasteiger partial charge in [0.25, 0.3) is 5.91 Å². The van der Waals surface area contributed by atoms with Gasteiger partial charge in [0.2, 0.25) is 0 Å². The summed E-state index contributed by atoms with van der Waals surface area (Å²) in [4.78, 5) is 15.4. The van der Waals surface area contributed by atoms with Crippen molar-refractivity contribution in [1.29, 1.82) is 0 Å². The topological polar surface area (TPSA) is 29.5 Å². The van der Waals surface area contributed by atoms with Crippen molar-refractivity contribution < 1.29 is 9.53 Å². The third-order valence-corrected chi connectivity index (χ3v) is 5.64. The minimum atomic E-state index is 0.147. The van der Waals surface area contributed by atoms with Crippen molar-refractivity contribution >= 4 is 5.91 Å².